The maximum Gasteiger partial charge on any atom is 0.112 e. The lowest BCUT2D eigenvalue weighted by molar-refractivity contribution is 0.110. The topological polar surface area (TPSA) is 9.23 Å². The van der Waals surface area contributed by atoms with Gasteiger partial charge in [-0.1, -0.05) is 32.4 Å². The Morgan fingerprint density at radius 3 is 3.08 bits per heavy atom. The van der Waals surface area contributed by atoms with Crippen molar-refractivity contribution in [2.75, 3.05) is 0 Å². The number of hydrogen-bond acceptors (Lipinski definition) is 1. The van der Waals surface area contributed by atoms with E-state index < -0.39 is 0 Å². The monoisotopic (exact) mass is 166 g/mol. The number of unbranched alkanes of at least 4 members (excludes halogenated alkanes) is 2. The average Bonchev–Trinajstić information content (AvgIpc) is 2.05. The molecule has 0 aliphatic carbocycles. The second kappa shape index (κ2) is 5.02. The fraction of sp³-hybridized carbons (Fsp3) is 0.636. The number of rotatable bonds is 4. The summed E-state index contributed by atoms with van der Waals surface area (Å²) in [5.74, 6) is 0.822. The molecule has 12 heavy (non-hydrogen) atoms. The number of ether oxygens (including phenoxy) is 1. The van der Waals surface area contributed by atoms with Crippen LogP contribution in [0.15, 0.2) is 24.5 Å². The molecule has 0 radical (unpaired) electrons. The smallest absolute Gasteiger partial charge is 0.112 e. The first-order chi connectivity index (χ1) is 5.83. The highest BCUT2D eigenvalue weighted by molar-refractivity contribution is 5.11. The van der Waals surface area contributed by atoms with Crippen molar-refractivity contribution in [1.29, 1.82) is 0 Å². The minimum absolute atomic E-state index is 0.397. The van der Waals surface area contributed by atoms with E-state index in [-0.39, 0.29) is 0 Å². The minimum atomic E-state index is 0.397. The van der Waals surface area contributed by atoms with E-state index in [2.05, 4.69) is 19.6 Å². The van der Waals surface area contributed by atoms with Crippen LogP contribution in [-0.4, -0.2) is 6.10 Å². The maximum absolute atomic E-state index is 5.55. The zero-order valence-electron chi connectivity index (χ0n) is 7.88. The fourth-order valence-corrected chi connectivity index (χ4v) is 1.45. The predicted octanol–water partition coefficient (Wildman–Crippen LogP) is 3.43. The third-order valence-corrected chi connectivity index (χ3v) is 2.15. The predicted molar refractivity (Wildman–Crippen MR) is 51.9 cm³/mol. The Morgan fingerprint density at radius 1 is 1.58 bits per heavy atom. The molecule has 1 nitrogen and oxygen atoms in total. The van der Waals surface area contributed by atoms with Crippen molar-refractivity contribution >= 4 is 0 Å². The summed E-state index contributed by atoms with van der Waals surface area (Å²) in [6.45, 7) is 6.01. The molecule has 1 unspecified atom stereocenters. The van der Waals surface area contributed by atoms with Crippen LogP contribution in [0, 0.1) is 0 Å². The van der Waals surface area contributed by atoms with Crippen LogP contribution in [0.25, 0.3) is 0 Å². The van der Waals surface area contributed by atoms with Crippen molar-refractivity contribution in [3.8, 4) is 0 Å². The Kier molecular flexibility index (Phi) is 3.92. The quantitative estimate of drug-likeness (QED) is 0.581. The van der Waals surface area contributed by atoms with Gasteiger partial charge in [0.2, 0.25) is 0 Å². The largest absolute Gasteiger partial charge is 0.491 e. The molecule has 0 N–H and O–H groups in total. The van der Waals surface area contributed by atoms with Gasteiger partial charge >= 0.3 is 0 Å². The second-order valence-corrected chi connectivity index (χ2v) is 3.34. The first-order valence-electron chi connectivity index (χ1n) is 4.85. The molecular weight excluding hydrogens is 148 g/mol. The van der Waals surface area contributed by atoms with Gasteiger partial charge in [0, 0.05) is 6.42 Å². The van der Waals surface area contributed by atoms with Crippen LogP contribution in [0.1, 0.15) is 39.0 Å². The van der Waals surface area contributed by atoms with Gasteiger partial charge in [0.05, 0.1) is 0 Å². The Labute approximate surface area is 75.1 Å². The molecule has 0 fully saturated rings. The third-order valence-electron chi connectivity index (χ3n) is 2.15. The van der Waals surface area contributed by atoms with E-state index in [1.807, 2.05) is 6.08 Å². The molecule has 68 valence electrons. The molecule has 1 heterocycles. The zero-order valence-corrected chi connectivity index (χ0v) is 7.88. The van der Waals surface area contributed by atoms with Gasteiger partial charge in [0.1, 0.15) is 11.9 Å². The molecule has 1 aliphatic heterocycles. The number of allylic oxidation sites excluding steroid dienone is 1. The summed E-state index contributed by atoms with van der Waals surface area (Å²) in [5, 5.41) is 0. The lowest BCUT2D eigenvalue weighted by Crippen LogP contribution is -2.13. The van der Waals surface area contributed by atoms with Crippen molar-refractivity contribution < 1.29 is 4.74 Å². The molecule has 0 saturated carbocycles. The highest BCUT2D eigenvalue weighted by Crippen LogP contribution is 2.18. The zero-order chi connectivity index (χ0) is 8.81. The lowest BCUT2D eigenvalue weighted by Gasteiger charge is -2.21. The van der Waals surface area contributed by atoms with Gasteiger partial charge in [-0.2, -0.15) is 0 Å². The van der Waals surface area contributed by atoms with E-state index in [9.17, 15) is 0 Å². The Bertz CT molecular complexity index is 170. The molecule has 1 rings (SSSR count). The molecule has 0 aromatic rings. The van der Waals surface area contributed by atoms with Crippen LogP contribution in [0.2, 0.25) is 0 Å². The summed E-state index contributed by atoms with van der Waals surface area (Å²) >= 11 is 0. The van der Waals surface area contributed by atoms with E-state index >= 15 is 0 Å². The Hall–Kier alpha value is -0.720. The van der Waals surface area contributed by atoms with E-state index in [0.717, 1.165) is 12.2 Å². The molecule has 0 amide bonds. The molecule has 1 heteroatoms. The molecule has 1 aliphatic rings. The standard InChI is InChI=1S/C11H18O/c1-3-4-5-8-11-9-6-7-10(2)12-11/h6-7,11H,2-5,8-9H2,1H3. The second-order valence-electron chi connectivity index (χ2n) is 3.34. The van der Waals surface area contributed by atoms with Gasteiger partial charge in [0.25, 0.3) is 0 Å². The van der Waals surface area contributed by atoms with E-state index in [0.29, 0.717) is 6.10 Å². The Morgan fingerprint density at radius 2 is 2.42 bits per heavy atom. The molecule has 0 aromatic carbocycles. The van der Waals surface area contributed by atoms with Crippen LogP contribution in [0.3, 0.4) is 0 Å². The lowest BCUT2D eigenvalue weighted by atomic mass is 10.1. The summed E-state index contributed by atoms with van der Waals surface area (Å²) in [4.78, 5) is 0. The normalized spacial score (nSPS) is 22.4. The molecule has 0 saturated heterocycles. The summed E-state index contributed by atoms with van der Waals surface area (Å²) in [6.07, 6.45) is 10.6. The summed E-state index contributed by atoms with van der Waals surface area (Å²) in [7, 11) is 0. The third kappa shape index (κ3) is 3.12. The van der Waals surface area contributed by atoms with Crippen molar-refractivity contribution in [2.24, 2.45) is 0 Å². The van der Waals surface area contributed by atoms with Crippen LogP contribution in [0.4, 0.5) is 0 Å². The molecular formula is C11H18O. The first-order valence-corrected chi connectivity index (χ1v) is 4.85. The van der Waals surface area contributed by atoms with Crippen molar-refractivity contribution in [3.05, 3.63) is 24.5 Å². The highest BCUT2D eigenvalue weighted by atomic mass is 16.5. The van der Waals surface area contributed by atoms with Gasteiger partial charge < -0.3 is 4.74 Å². The van der Waals surface area contributed by atoms with Gasteiger partial charge in [-0.15, -0.1) is 0 Å². The average molecular weight is 166 g/mol. The molecule has 0 aromatic heterocycles. The summed E-state index contributed by atoms with van der Waals surface area (Å²) in [5.41, 5.74) is 0. The van der Waals surface area contributed by atoms with Gasteiger partial charge in [-0.3, -0.25) is 0 Å². The van der Waals surface area contributed by atoms with Crippen molar-refractivity contribution in [1.82, 2.24) is 0 Å². The SMILES string of the molecule is C=C1C=CCC(CCCCC)O1. The van der Waals surface area contributed by atoms with Crippen molar-refractivity contribution in [3.63, 3.8) is 0 Å². The highest BCUT2D eigenvalue weighted by Gasteiger charge is 2.11. The van der Waals surface area contributed by atoms with E-state index in [1.165, 1.54) is 25.7 Å². The molecule has 0 bridgehead atoms. The summed E-state index contributed by atoms with van der Waals surface area (Å²) < 4.78 is 5.55. The van der Waals surface area contributed by atoms with Gasteiger partial charge in [-0.25, -0.2) is 0 Å². The first kappa shape index (κ1) is 9.37. The van der Waals surface area contributed by atoms with E-state index in [1.54, 1.807) is 0 Å². The van der Waals surface area contributed by atoms with Crippen LogP contribution >= 0.6 is 0 Å². The Balaban J connectivity index is 2.16. The van der Waals surface area contributed by atoms with E-state index in [4.69, 9.17) is 4.74 Å². The fourth-order valence-electron chi connectivity index (χ4n) is 1.45. The molecule has 1 atom stereocenters. The molecule has 0 spiro atoms. The van der Waals surface area contributed by atoms with Gasteiger partial charge in [-0.05, 0) is 18.9 Å². The van der Waals surface area contributed by atoms with Crippen LogP contribution in [-0.2, 0) is 4.74 Å². The van der Waals surface area contributed by atoms with Crippen LogP contribution in [0.5, 0.6) is 0 Å². The minimum Gasteiger partial charge on any atom is -0.491 e. The van der Waals surface area contributed by atoms with Gasteiger partial charge in [0.15, 0.2) is 0 Å². The number of hydrogen-bond donors (Lipinski definition) is 0. The summed E-state index contributed by atoms with van der Waals surface area (Å²) in [6, 6.07) is 0. The maximum atomic E-state index is 5.55. The van der Waals surface area contributed by atoms with Crippen molar-refractivity contribution in [2.45, 2.75) is 45.1 Å². The van der Waals surface area contributed by atoms with Crippen LogP contribution < -0.4 is 0 Å².